The molecule has 1 heterocycles. The van der Waals surface area contributed by atoms with Gasteiger partial charge in [-0.05, 0) is 47.5 Å². The summed E-state index contributed by atoms with van der Waals surface area (Å²) in [4.78, 5) is 23.1. The fraction of sp³-hybridized carbons (Fsp3) is 0.0417. The number of carbonyl (C=O) groups excluding carboxylic acids is 2. The molecule has 4 rings (SSSR count). The monoisotopic (exact) mass is 490 g/mol. The van der Waals surface area contributed by atoms with Crippen LogP contribution in [0.4, 0.5) is 0 Å². The molecule has 3 aromatic carbocycles. The number of carboxylic acid groups (broad SMARTS) is 1. The van der Waals surface area contributed by atoms with E-state index in [9.17, 15) is 14.7 Å². The Hall–Kier alpha value is -3.95. The van der Waals surface area contributed by atoms with Crippen molar-refractivity contribution < 1.29 is 14.7 Å². The molecule has 0 aliphatic rings. The Morgan fingerprint density at radius 3 is 2.38 bits per heavy atom. The molecule has 0 saturated carbocycles. The van der Waals surface area contributed by atoms with Crippen molar-refractivity contribution in [3.63, 3.8) is 0 Å². The molecular formula is C24H17ClN5O3S-. The zero-order valence-electron chi connectivity index (χ0n) is 17.6. The molecule has 10 heteroatoms. The molecule has 0 spiro atoms. The number of halogens is 1. The van der Waals surface area contributed by atoms with Crippen molar-refractivity contribution in [2.75, 3.05) is 5.75 Å². The van der Waals surface area contributed by atoms with Gasteiger partial charge in [0.25, 0.3) is 5.91 Å². The second-order valence-electron chi connectivity index (χ2n) is 6.98. The number of amides is 1. The van der Waals surface area contributed by atoms with Crippen molar-refractivity contribution in [2.45, 2.75) is 5.16 Å². The van der Waals surface area contributed by atoms with E-state index in [4.69, 9.17) is 11.6 Å². The first-order valence-corrected chi connectivity index (χ1v) is 11.4. The number of nitrogens with zero attached hydrogens (tertiary/aromatic N) is 4. The van der Waals surface area contributed by atoms with Gasteiger partial charge in [-0.15, -0.1) is 10.2 Å². The minimum atomic E-state index is -1.25. The maximum absolute atomic E-state index is 12.3. The van der Waals surface area contributed by atoms with Crippen molar-refractivity contribution in [1.29, 1.82) is 0 Å². The van der Waals surface area contributed by atoms with E-state index < -0.39 is 5.97 Å². The summed E-state index contributed by atoms with van der Waals surface area (Å²) in [6.07, 6.45) is 1.42. The van der Waals surface area contributed by atoms with Gasteiger partial charge < -0.3 is 9.90 Å². The van der Waals surface area contributed by atoms with Gasteiger partial charge in [-0.1, -0.05) is 65.8 Å². The molecule has 0 aliphatic carbocycles. The quantitative estimate of drug-likeness (QED) is 0.230. The van der Waals surface area contributed by atoms with Crippen LogP contribution in [0.15, 0.2) is 89.1 Å². The molecule has 0 saturated heterocycles. The minimum Gasteiger partial charge on any atom is -0.545 e. The number of hydrogen-bond acceptors (Lipinski definition) is 7. The number of rotatable bonds is 8. The second-order valence-corrected chi connectivity index (χ2v) is 8.35. The highest BCUT2D eigenvalue weighted by molar-refractivity contribution is 7.99. The summed E-state index contributed by atoms with van der Waals surface area (Å²) < 4.78 is 1.88. The number of hydrogen-bond donors (Lipinski definition) is 1. The normalized spacial score (nSPS) is 11.0. The highest BCUT2D eigenvalue weighted by Crippen LogP contribution is 2.28. The molecule has 1 aromatic heterocycles. The van der Waals surface area contributed by atoms with Crippen molar-refractivity contribution in [3.8, 4) is 17.1 Å². The maximum Gasteiger partial charge on any atom is 0.250 e. The van der Waals surface area contributed by atoms with E-state index in [0.717, 1.165) is 11.3 Å². The van der Waals surface area contributed by atoms with Crippen molar-refractivity contribution in [3.05, 3.63) is 95.0 Å². The number of para-hydroxylation sites is 1. The maximum atomic E-state index is 12.3. The van der Waals surface area contributed by atoms with Crippen LogP contribution in [0.5, 0.6) is 0 Å². The summed E-state index contributed by atoms with van der Waals surface area (Å²) in [6, 6.07) is 22.8. The summed E-state index contributed by atoms with van der Waals surface area (Å²) >= 11 is 7.24. The third-order valence-corrected chi connectivity index (χ3v) is 5.81. The highest BCUT2D eigenvalue weighted by atomic mass is 35.5. The van der Waals surface area contributed by atoms with E-state index in [0.29, 0.717) is 21.6 Å². The average Bonchev–Trinajstić information content (AvgIpc) is 3.28. The predicted octanol–water partition coefficient (Wildman–Crippen LogP) is 3.19. The number of carbonyl (C=O) groups is 2. The van der Waals surface area contributed by atoms with Crippen LogP contribution in [0, 0.1) is 0 Å². The van der Waals surface area contributed by atoms with Crippen LogP contribution < -0.4 is 10.5 Å². The number of hydrazone groups is 1. The summed E-state index contributed by atoms with van der Waals surface area (Å²) in [5.41, 5.74) is 4.85. The smallest absolute Gasteiger partial charge is 0.250 e. The lowest BCUT2D eigenvalue weighted by atomic mass is 10.1. The highest BCUT2D eigenvalue weighted by Gasteiger charge is 2.17. The van der Waals surface area contributed by atoms with Gasteiger partial charge in [-0.3, -0.25) is 9.36 Å². The van der Waals surface area contributed by atoms with E-state index in [1.54, 1.807) is 24.3 Å². The Bertz CT molecular complexity index is 1320. The molecule has 1 N–H and O–H groups in total. The zero-order valence-corrected chi connectivity index (χ0v) is 19.2. The van der Waals surface area contributed by atoms with Crippen molar-refractivity contribution >= 4 is 41.5 Å². The molecule has 0 bridgehead atoms. The third-order valence-electron chi connectivity index (χ3n) is 4.63. The Kier molecular flexibility index (Phi) is 7.36. The zero-order chi connectivity index (χ0) is 23.9. The van der Waals surface area contributed by atoms with Gasteiger partial charge in [-0.2, -0.15) is 5.10 Å². The molecule has 0 atom stereocenters. The van der Waals surface area contributed by atoms with Crippen molar-refractivity contribution in [2.24, 2.45) is 5.10 Å². The Morgan fingerprint density at radius 1 is 1.00 bits per heavy atom. The molecule has 0 fully saturated rings. The van der Waals surface area contributed by atoms with Gasteiger partial charge in [-0.25, -0.2) is 5.43 Å². The van der Waals surface area contributed by atoms with Gasteiger partial charge in [0, 0.05) is 16.3 Å². The molecule has 1 amide bonds. The Morgan fingerprint density at radius 2 is 1.71 bits per heavy atom. The minimum absolute atomic E-state index is 0.0620. The molecule has 0 radical (unpaired) electrons. The number of benzene rings is 3. The Labute approximate surface area is 204 Å². The van der Waals surface area contributed by atoms with Gasteiger partial charge in [0.15, 0.2) is 11.0 Å². The van der Waals surface area contributed by atoms with E-state index >= 15 is 0 Å². The fourth-order valence-electron chi connectivity index (χ4n) is 3.01. The summed E-state index contributed by atoms with van der Waals surface area (Å²) in [7, 11) is 0. The van der Waals surface area contributed by atoms with Crippen LogP contribution in [-0.2, 0) is 4.79 Å². The van der Waals surface area contributed by atoms with Crippen LogP contribution in [0.3, 0.4) is 0 Å². The standard InChI is InChI=1S/C24H18ClN5O3S/c25-19-12-10-17(11-13-19)22-28-29-24(30(22)20-4-2-1-3-5-20)34-15-21(31)27-26-14-16-6-8-18(9-7-16)23(32)33/h1-14H,15H2,(H,27,31)(H,32,33)/p-1/b26-14-. The lowest BCUT2D eigenvalue weighted by Gasteiger charge is -2.10. The first-order chi connectivity index (χ1) is 16.5. The topological polar surface area (TPSA) is 112 Å². The van der Waals surface area contributed by atoms with E-state index in [-0.39, 0.29) is 17.2 Å². The van der Waals surface area contributed by atoms with Crippen molar-refractivity contribution in [1.82, 2.24) is 20.2 Å². The predicted molar refractivity (Wildman–Crippen MR) is 129 cm³/mol. The van der Waals surface area contributed by atoms with Gasteiger partial charge in [0.2, 0.25) is 0 Å². The second kappa shape index (κ2) is 10.8. The molecule has 0 unspecified atom stereocenters. The molecule has 170 valence electrons. The number of aromatic nitrogens is 3. The number of carboxylic acids is 1. The van der Waals surface area contributed by atoms with Gasteiger partial charge in [0.05, 0.1) is 17.9 Å². The van der Waals surface area contributed by atoms with E-state index in [1.165, 1.54) is 30.1 Å². The molecule has 8 nitrogen and oxygen atoms in total. The SMILES string of the molecule is O=C(CSc1nnc(-c2ccc(Cl)cc2)n1-c1ccccc1)N/N=C\c1ccc(C(=O)[O-])cc1. The fourth-order valence-corrected chi connectivity index (χ4v) is 3.88. The summed E-state index contributed by atoms with van der Waals surface area (Å²) in [5.74, 6) is -0.893. The van der Waals surface area contributed by atoms with E-state index in [1.807, 2.05) is 47.0 Å². The van der Waals surface area contributed by atoms with Crippen LogP contribution >= 0.6 is 23.4 Å². The van der Waals surface area contributed by atoms with Crippen LogP contribution in [-0.4, -0.2) is 38.6 Å². The lowest BCUT2D eigenvalue weighted by molar-refractivity contribution is -0.255. The molecular weight excluding hydrogens is 474 g/mol. The molecule has 0 aliphatic heterocycles. The molecule has 34 heavy (non-hydrogen) atoms. The largest absolute Gasteiger partial charge is 0.545 e. The summed E-state index contributed by atoms with van der Waals surface area (Å²) in [5, 5.41) is 24.5. The summed E-state index contributed by atoms with van der Waals surface area (Å²) in [6.45, 7) is 0. The third kappa shape index (κ3) is 5.69. The first kappa shape index (κ1) is 23.2. The number of nitrogens with one attached hydrogen (secondary N) is 1. The van der Waals surface area contributed by atoms with Gasteiger partial charge in [0.1, 0.15) is 0 Å². The number of thioether (sulfide) groups is 1. The van der Waals surface area contributed by atoms with Crippen LogP contribution in [0.25, 0.3) is 17.1 Å². The van der Waals surface area contributed by atoms with E-state index in [2.05, 4.69) is 20.7 Å². The van der Waals surface area contributed by atoms with Gasteiger partial charge >= 0.3 is 0 Å². The average molecular weight is 491 g/mol. The van der Waals surface area contributed by atoms with Crippen LogP contribution in [0.2, 0.25) is 5.02 Å². The molecule has 4 aromatic rings. The Balaban J connectivity index is 1.45. The van der Waals surface area contributed by atoms with Crippen LogP contribution in [0.1, 0.15) is 15.9 Å². The number of aromatic carboxylic acids is 1. The first-order valence-electron chi connectivity index (χ1n) is 10.0. The lowest BCUT2D eigenvalue weighted by Crippen LogP contribution is -2.22.